The third-order valence-corrected chi connectivity index (χ3v) is 7.20. The van der Waals surface area contributed by atoms with E-state index in [-0.39, 0.29) is 29.2 Å². The number of rotatable bonds is 4. The van der Waals surface area contributed by atoms with Crippen LogP contribution in [0.4, 0.5) is 0 Å². The molecule has 0 atom stereocenters. The van der Waals surface area contributed by atoms with Crippen molar-refractivity contribution in [3.8, 4) is 0 Å². The monoisotopic (exact) mass is 495 g/mol. The molecule has 190 valence electrons. The average molecular weight is 496 g/mol. The largest absolute Gasteiger partial charge is 0.269 e. The zero-order valence-electron chi connectivity index (χ0n) is 22.8. The summed E-state index contributed by atoms with van der Waals surface area (Å²) in [5.41, 5.74) is 4.99. The standard InChI is InChI=1S/C31H35N4O2/c1-30(2,3)22-13-21-14-23(31(4,5)6)16-26-27(21)25(15-22)28(36)35(29(26)37)19-24-18-34(32-33(24)7)17-20-11-9-8-10-12-20/h8-16,18H,17,19H2,1-7H3/q+1. The van der Waals surface area contributed by atoms with Gasteiger partial charge in [-0.3, -0.25) is 14.5 Å². The lowest BCUT2D eigenvalue weighted by atomic mass is 9.79. The molecule has 0 spiro atoms. The van der Waals surface area contributed by atoms with Crippen LogP contribution in [0.15, 0.2) is 60.8 Å². The van der Waals surface area contributed by atoms with Crippen LogP contribution in [-0.2, 0) is 31.0 Å². The highest BCUT2D eigenvalue weighted by molar-refractivity contribution is 6.25. The van der Waals surface area contributed by atoms with Crippen LogP contribution in [0.2, 0.25) is 0 Å². The number of hydrogen-bond acceptors (Lipinski definition) is 3. The van der Waals surface area contributed by atoms with Gasteiger partial charge in [0.25, 0.3) is 11.8 Å². The summed E-state index contributed by atoms with van der Waals surface area (Å²) >= 11 is 0. The summed E-state index contributed by atoms with van der Waals surface area (Å²) in [5, 5.41) is 6.29. The molecule has 6 nitrogen and oxygen atoms in total. The van der Waals surface area contributed by atoms with Gasteiger partial charge in [-0.05, 0) is 45.0 Å². The molecule has 1 aliphatic heterocycles. The first-order valence-corrected chi connectivity index (χ1v) is 12.8. The Morgan fingerprint density at radius 1 is 0.811 bits per heavy atom. The van der Waals surface area contributed by atoms with Crippen LogP contribution in [0.5, 0.6) is 0 Å². The van der Waals surface area contributed by atoms with Crippen molar-refractivity contribution in [2.24, 2.45) is 7.05 Å². The van der Waals surface area contributed by atoms with Gasteiger partial charge in [0.15, 0.2) is 11.9 Å². The fraction of sp³-hybridized carbons (Fsp3) is 0.355. The van der Waals surface area contributed by atoms with Crippen molar-refractivity contribution < 1.29 is 14.3 Å². The molecule has 5 rings (SSSR count). The summed E-state index contributed by atoms with van der Waals surface area (Å²) < 4.78 is 3.58. The van der Waals surface area contributed by atoms with E-state index >= 15 is 0 Å². The van der Waals surface area contributed by atoms with Gasteiger partial charge in [0.05, 0.1) is 11.8 Å². The van der Waals surface area contributed by atoms with Gasteiger partial charge >= 0.3 is 0 Å². The molecule has 0 fully saturated rings. The highest BCUT2D eigenvalue weighted by atomic mass is 16.2. The lowest BCUT2D eigenvalue weighted by Crippen LogP contribution is -2.40. The smallest absolute Gasteiger partial charge is 0.261 e. The molecule has 0 bridgehead atoms. The molecule has 2 amide bonds. The molecule has 0 radical (unpaired) electrons. The van der Waals surface area contributed by atoms with Crippen LogP contribution >= 0.6 is 0 Å². The second-order valence-corrected chi connectivity index (χ2v) is 12.2. The molecule has 3 aromatic carbocycles. The zero-order valence-corrected chi connectivity index (χ0v) is 22.8. The molecular formula is C31H35N4O2+. The van der Waals surface area contributed by atoms with Gasteiger partial charge in [-0.1, -0.05) is 84.0 Å². The first-order chi connectivity index (χ1) is 17.3. The lowest BCUT2D eigenvalue weighted by molar-refractivity contribution is -0.747. The van der Waals surface area contributed by atoms with Crippen LogP contribution in [-0.4, -0.2) is 26.6 Å². The summed E-state index contributed by atoms with van der Waals surface area (Å²) in [6.45, 7) is 13.6. The molecule has 1 aromatic heterocycles. The summed E-state index contributed by atoms with van der Waals surface area (Å²) in [7, 11) is 1.85. The molecule has 4 aromatic rings. The van der Waals surface area contributed by atoms with E-state index in [0.717, 1.165) is 33.2 Å². The van der Waals surface area contributed by atoms with E-state index in [1.54, 1.807) is 4.68 Å². The molecule has 0 N–H and O–H groups in total. The number of carbonyl (C=O) groups is 2. The van der Waals surface area contributed by atoms with Gasteiger partial charge in [0, 0.05) is 16.5 Å². The molecule has 0 unspecified atom stereocenters. The van der Waals surface area contributed by atoms with Gasteiger partial charge in [-0.15, -0.1) is 9.36 Å². The average Bonchev–Trinajstić information content (AvgIpc) is 3.17. The van der Waals surface area contributed by atoms with E-state index in [4.69, 9.17) is 0 Å². The molecule has 37 heavy (non-hydrogen) atoms. The summed E-state index contributed by atoms with van der Waals surface area (Å²) in [5.74, 6) is -0.513. The van der Waals surface area contributed by atoms with Crippen molar-refractivity contribution >= 4 is 22.6 Å². The van der Waals surface area contributed by atoms with Gasteiger partial charge in [0.1, 0.15) is 13.6 Å². The Morgan fingerprint density at radius 3 is 1.86 bits per heavy atom. The normalized spacial score (nSPS) is 14.1. The topological polar surface area (TPSA) is 59.1 Å². The van der Waals surface area contributed by atoms with E-state index in [9.17, 15) is 9.59 Å². The quantitative estimate of drug-likeness (QED) is 0.285. The highest BCUT2D eigenvalue weighted by Crippen LogP contribution is 2.38. The van der Waals surface area contributed by atoms with Gasteiger partial charge in [-0.2, -0.15) is 0 Å². The Balaban J connectivity index is 1.59. The number of amides is 2. The number of nitrogens with zero attached hydrogens (tertiary/aromatic N) is 4. The molecular weight excluding hydrogens is 460 g/mol. The molecule has 2 heterocycles. The SMILES string of the molecule is Cn1n[n+](Cc2ccccc2)cc1CN1C(=O)c2cc(C(C)(C)C)cc3cc(C(C)(C)C)cc(c23)C1=O. The van der Waals surface area contributed by atoms with Crippen LogP contribution < -0.4 is 4.68 Å². The molecule has 0 saturated heterocycles. The number of aryl methyl sites for hydroxylation is 1. The van der Waals surface area contributed by atoms with Gasteiger partial charge in [0.2, 0.25) is 0 Å². The summed E-state index contributed by atoms with van der Waals surface area (Å²) in [6, 6.07) is 18.3. The maximum atomic E-state index is 13.9. The minimum Gasteiger partial charge on any atom is -0.269 e. The van der Waals surface area contributed by atoms with Crippen molar-refractivity contribution in [3.05, 3.63) is 94.3 Å². The predicted octanol–water partition coefficient (Wildman–Crippen LogP) is 5.30. The third-order valence-electron chi connectivity index (χ3n) is 7.20. The third kappa shape index (κ3) is 4.57. The Labute approximate surface area is 218 Å². The van der Waals surface area contributed by atoms with Gasteiger partial charge in [-0.25, -0.2) is 0 Å². The number of carbonyl (C=O) groups excluding carboxylic acids is 2. The van der Waals surface area contributed by atoms with Crippen molar-refractivity contribution in [3.63, 3.8) is 0 Å². The Kier molecular flexibility index (Phi) is 5.81. The van der Waals surface area contributed by atoms with Gasteiger partial charge < -0.3 is 0 Å². The van der Waals surface area contributed by atoms with Crippen LogP contribution in [0.25, 0.3) is 10.8 Å². The molecule has 0 aliphatic carbocycles. The Morgan fingerprint density at radius 2 is 1.35 bits per heavy atom. The number of hydrogen-bond donors (Lipinski definition) is 0. The predicted molar refractivity (Wildman–Crippen MR) is 144 cm³/mol. The minimum absolute atomic E-state index is 0.139. The number of imide groups is 1. The van der Waals surface area contributed by atoms with Crippen LogP contribution in [0.3, 0.4) is 0 Å². The van der Waals surface area contributed by atoms with E-state index < -0.39 is 0 Å². The first kappa shape index (κ1) is 24.9. The van der Waals surface area contributed by atoms with Crippen LogP contribution in [0, 0.1) is 0 Å². The number of benzene rings is 3. The minimum atomic E-state index is -0.257. The van der Waals surface area contributed by atoms with Crippen molar-refractivity contribution in [1.29, 1.82) is 0 Å². The van der Waals surface area contributed by atoms with E-state index in [1.807, 2.05) is 48.3 Å². The van der Waals surface area contributed by atoms with Crippen molar-refractivity contribution in [2.75, 3.05) is 0 Å². The van der Waals surface area contributed by atoms with Crippen LogP contribution in [0.1, 0.15) is 84.6 Å². The highest BCUT2D eigenvalue weighted by Gasteiger charge is 2.36. The van der Waals surface area contributed by atoms with Crippen molar-refractivity contribution in [1.82, 2.24) is 14.8 Å². The Bertz CT molecular complexity index is 1470. The molecule has 1 aliphatic rings. The van der Waals surface area contributed by atoms with E-state index in [0.29, 0.717) is 17.7 Å². The Hall–Kier alpha value is -3.80. The lowest BCUT2D eigenvalue weighted by Gasteiger charge is -2.30. The zero-order chi connectivity index (χ0) is 26.7. The fourth-order valence-corrected chi connectivity index (χ4v) is 4.91. The molecule has 0 saturated carbocycles. The fourth-order valence-electron chi connectivity index (χ4n) is 4.91. The second-order valence-electron chi connectivity index (χ2n) is 12.2. The van der Waals surface area contributed by atoms with Crippen molar-refractivity contribution in [2.45, 2.75) is 65.5 Å². The molecule has 6 heteroatoms. The number of aromatic nitrogens is 3. The maximum absolute atomic E-state index is 13.9. The first-order valence-electron chi connectivity index (χ1n) is 12.8. The summed E-state index contributed by atoms with van der Waals surface area (Å²) in [6.07, 6.45) is 1.91. The second kappa shape index (κ2) is 8.65. The summed E-state index contributed by atoms with van der Waals surface area (Å²) in [4.78, 5) is 29.1. The maximum Gasteiger partial charge on any atom is 0.261 e. The van der Waals surface area contributed by atoms with E-state index in [1.165, 1.54) is 4.90 Å². The van der Waals surface area contributed by atoms with E-state index in [2.05, 4.69) is 71.0 Å².